The lowest BCUT2D eigenvalue weighted by Crippen LogP contribution is -2.00. The Labute approximate surface area is 137 Å². The van der Waals surface area contributed by atoms with E-state index in [9.17, 15) is 10.0 Å². The average molecular weight is 326 g/mol. The molecule has 0 fully saturated rings. The molecule has 0 aliphatic rings. The van der Waals surface area contributed by atoms with Gasteiger partial charge in [0.2, 0.25) is 0 Å². The molecule has 0 aliphatic heterocycles. The molecule has 116 valence electrons. The molecule has 1 aromatic heterocycles. The summed E-state index contributed by atoms with van der Waals surface area (Å²) in [6.07, 6.45) is 0. The Kier molecular flexibility index (Phi) is 3.79. The SMILES string of the molecule is Cc1ccc(-n2c(-c3ccc(N=O)cc3O)n[nH]c2=S)c(C)c1. The number of hydrogen-bond acceptors (Lipinski definition) is 5. The van der Waals surface area contributed by atoms with E-state index in [1.165, 1.54) is 12.1 Å². The lowest BCUT2D eigenvalue weighted by molar-refractivity contribution is 0.477. The summed E-state index contributed by atoms with van der Waals surface area (Å²) in [6.45, 7) is 4.00. The topological polar surface area (TPSA) is 83.3 Å². The molecule has 0 aliphatic carbocycles. The number of phenols is 1. The number of aromatic amines is 1. The number of nitrogens with zero attached hydrogens (tertiary/aromatic N) is 3. The zero-order valence-corrected chi connectivity index (χ0v) is 13.4. The van der Waals surface area contributed by atoms with Crippen LogP contribution in [0.25, 0.3) is 17.1 Å². The molecule has 0 saturated carbocycles. The largest absolute Gasteiger partial charge is 0.507 e. The molecule has 2 aromatic carbocycles. The maximum atomic E-state index is 10.6. The minimum Gasteiger partial charge on any atom is -0.507 e. The van der Waals surface area contributed by atoms with Crippen LogP contribution in [0.3, 0.4) is 0 Å². The molecule has 0 unspecified atom stereocenters. The Morgan fingerprint density at radius 2 is 2.00 bits per heavy atom. The van der Waals surface area contributed by atoms with E-state index < -0.39 is 0 Å². The van der Waals surface area contributed by atoms with Crippen LogP contribution in [0.4, 0.5) is 5.69 Å². The van der Waals surface area contributed by atoms with Crippen molar-refractivity contribution in [1.82, 2.24) is 14.8 Å². The second kappa shape index (κ2) is 5.77. The minimum absolute atomic E-state index is 0.0814. The van der Waals surface area contributed by atoms with Crippen molar-refractivity contribution in [3.05, 3.63) is 57.2 Å². The molecule has 6 nitrogen and oxygen atoms in total. The predicted octanol–water partition coefficient (Wildman–Crippen LogP) is 4.32. The van der Waals surface area contributed by atoms with E-state index in [4.69, 9.17) is 12.2 Å². The van der Waals surface area contributed by atoms with Crippen molar-refractivity contribution in [2.75, 3.05) is 0 Å². The van der Waals surface area contributed by atoms with Crippen molar-refractivity contribution in [1.29, 1.82) is 0 Å². The van der Waals surface area contributed by atoms with Crippen LogP contribution in [0, 0.1) is 23.5 Å². The van der Waals surface area contributed by atoms with Gasteiger partial charge in [-0.25, -0.2) is 0 Å². The Morgan fingerprint density at radius 3 is 2.65 bits per heavy atom. The number of H-pyrrole nitrogens is 1. The van der Waals surface area contributed by atoms with Crippen LogP contribution >= 0.6 is 12.2 Å². The number of aryl methyl sites for hydroxylation is 2. The van der Waals surface area contributed by atoms with E-state index >= 15 is 0 Å². The fourth-order valence-corrected chi connectivity index (χ4v) is 2.75. The zero-order valence-electron chi connectivity index (χ0n) is 12.6. The summed E-state index contributed by atoms with van der Waals surface area (Å²) in [4.78, 5) is 10.6. The van der Waals surface area contributed by atoms with Gasteiger partial charge in [-0.1, -0.05) is 17.7 Å². The van der Waals surface area contributed by atoms with Crippen molar-refractivity contribution >= 4 is 17.9 Å². The van der Waals surface area contributed by atoms with Crippen molar-refractivity contribution in [2.24, 2.45) is 5.18 Å². The summed E-state index contributed by atoms with van der Waals surface area (Å²) in [5.41, 5.74) is 3.67. The molecule has 0 radical (unpaired) electrons. The summed E-state index contributed by atoms with van der Waals surface area (Å²) in [7, 11) is 0. The Balaban J connectivity index is 2.24. The van der Waals surface area contributed by atoms with Crippen molar-refractivity contribution in [2.45, 2.75) is 13.8 Å². The third-order valence-electron chi connectivity index (χ3n) is 3.59. The third-order valence-corrected chi connectivity index (χ3v) is 3.87. The summed E-state index contributed by atoms with van der Waals surface area (Å²) in [5, 5.41) is 20.0. The predicted molar refractivity (Wildman–Crippen MR) is 90.8 cm³/mol. The fraction of sp³-hybridized carbons (Fsp3) is 0.125. The van der Waals surface area contributed by atoms with Crippen LogP contribution in [0.5, 0.6) is 5.75 Å². The third kappa shape index (κ3) is 2.66. The summed E-state index contributed by atoms with van der Waals surface area (Å²) in [6, 6.07) is 10.4. The summed E-state index contributed by atoms with van der Waals surface area (Å²) in [5.74, 6) is 0.388. The van der Waals surface area contributed by atoms with Gasteiger partial charge in [0, 0.05) is 6.07 Å². The van der Waals surface area contributed by atoms with E-state index in [0.717, 1.165) is 16.8 Å². The van der Waals surface area contributed by atoms with E-state index in [1.54, 1.807) is 10.6 Å². The second-order valence-electron chi connectivity index (χ2n) is 5.27. The molecular formula is C16H14N4O2S. The second-order valence-corrected chi connectivity index (χ2v) is 5.66. The normalized spacial score (nSPS) is 10.7. The van der Waals surface area contributed by atoms with Gasteiger partial charge in [0.1, 0.15) is 11.4 Å². The van der Waals surface area contributed by atoms with Crippen LogP contribution in [0.1, 0.15) is 11.1 Å². The molecule has 7 heteroatoms. The molecule has 2 N–H and O–H groups in total. The standard InChI is InChI=1S/C16H14N4O2S/c1-9-3-6-13(10(2)7-9)20-15(17-18-16(20)23)12-5-4-11(19-22)8-14(12)21/h3-8,21H,1-2H3,(H,18,23). The minimum atomic E-state index is -0.0814. The average Bonchev–Trinajstić information content (AvgIpc) is 2.89. The van der Waals surface area contributed by atoms with Crippen LogP contribution in [-0.2, 0) is 0 Å². The summed E-state index contributed by atoms with van der Waals surface area (Å²) >= 11 is 5.33. The molecule has 0 spiro atoms. The number of hydrogen-bond donors (Lipinski definition) is 2. The molecule has 23 heavy (non-hydrogen) atoms. The first-order chi connectivity index (χ1) is 11.0. The van der Waals surface area contributed by atoms with E-state index in [2.05, 4.69) is 15.4 Å². The van der Waals surface area contributed by atoms with Gasteiger partial charge in [0.15, 0.2) is 10.6 Å². The first-order valence-electron chi connectivity index (χ1n) is 6.93. The van der Waals surface area contributed by atoms with E-state index in [-0.39, 0.29) is 11.4 Å². The van der Waals surface area contributed by atoms with Crippen molar-refractivity contribution in [3.63, 3.8) is 0 Å². The first kappa shape index (κ1) is 15.1. The van der Waals surface area contributed by atoms with E-state index in [0.29, 0.717) is 16.2 Å². The van der Waals surface area contributed by atoms with Gasteiger partial charge < -0.3 is 5.11 Å². The molecule has 0 bridgehead atoms. The molecule has 0 saturated heterocycles. The highest BCUT2D eigenvalue weighted by Gasteiger charge is 2.16. The number of aromatic nitrogens is 3. The van der Waals surface area contributed by atoms with Gasteiger partial charge in [-0.15, -0.1) is 4.91 Å². The molecular weight excluding hydrogens is 312 g/mol. The molecule has 0 amide bonds. The van der Waals surface area contributed by atoms with Crippen LogP contribution in [0.15, 0.2) is 41.6 Å². The quantitative estimate of drug-likeness (QED) is 0.554. The Morgan fingerprint density at radius 1 is 1.22 bits per heavy atom. The van der Waals surface area contributed by atoms with Crippen LogP contribution in [0.2, 0.25) is 0 Å². The zero-order chi connectivity index (χ0) is 16.6. The highest BCUT2D eigenvalue weighted by Crippen LogP contribution is 2.33. The molecule has 3 aromatic rings. The van der Waals surface area contributed by atoms with E-state index in [1.807, 2.05) is 32.0 Å². The van der Waals surface area contributed by atoms with Crippen molar-refractivity contribution in [3.8, 4) is 22.8 Å². The van der Waals surface area contributed by atoms with Gasteiger partial charge in [-0.05, 0) is 55.0 Å². The maximum absolute atomic E-state index is 10.6. The lowest BCUT2D eigenvalue weighted by Gasteiger charge is -2.11. The number of aromatic hydroxyl groups is 1. The van der Waals surface area contributed by atoms with Gasteiger partial charge >= 0.3 is 0 Å². The van der Waals surface area contributed by atoms with Gasteiger partial charge in [0.05, 0.1) is 11.3 Å². The van der Waals surface area contributed by atoms with Crippen molar-refractivity contribution < 1.29 is 5.11 Å². The summed E-state index contributed by atoms with van der Waals surface area (Å²) < 4.78 is 2.18. The number of benzene rings is 2. The number of rotatable bonds is 3. The van der Waals surface area contributed by atoms with Crippen LogP contribution in [-0.4, -0.2) is 19.9 Å². The van der Waals surface area contributed by atoms with Gasteiger partial charge in [0.25, 0.3) is 0 Å². The van der Waals surface area contributed by atoms with Gasteiger partial charge in [-0.3, -0.25) is 9.67 Å². The monoisotopic (exact) mass is 326 g/mol. The highest BCUT2D eigenvalue weighted by atomic mass is 32.1. The Hall–Kier alpha value is -2.80. The highest BCUT2D eigenvalue weighted by molar-refractivity contribution is 7.71. The molecule has 0 atom stereocenters. The number of nitrogens with one attached hydrogen (secondary N) is 1. The Bertz CT molecular complexity index is 959. The maximum Gasteiger partial charge on any atom is 0.200 e. The fourth-order valence-electron chi connectivity index (χ4n) is 2.52. The smallest absolute Gasteiger partial charge is 0.200 e. The first-order valence-corrected chi connectivity index (χ1v) is 7.34. The van der Waals surface area contributed by atoms with Crippen LogP contribution < -0.4 is 0 Å². The molecule has 3 rings (SSSR count). The van der Waals surface area contributed by atoms with Gasteiger partial charge in [-0.2, -0.15) is 5.10 Å². The number of nitroso groups, excluding NO2 is 1. The molecule has 1 heterocycles. The lowest BCUT2D eigenvalue weighted by atomic mass is 10.1. The number of phenolic OH excluding ortho intramolecular Hbond substituents is 1.